The normalized spacial score (nSPS) is 24.9. The molecule has 0 bridgehead atoms. The summed E-state index contributed by atoms with van der Waals surface area (Å²) in [5, 5.41) is 2.79. The second kappa shape index (κ2) is 5.69. The minimum atomic E-state index is -0.825. The van der Waals surface area contributed by atoms with E-state index in [2.05, 4.69) is 5.32 Å². The summed E-state index contributed by atoms with van der Waals surface area (Å²) >= 11 is 0. The van der Waals surface area contributed by atoms with Gasteiger partial charge >= 0.3 is 0 Å². The van der Waals surface area contributed by atoms with Crippen LogP contribution in [0.3, 0.4) is 0 Å². The first-order chi connectivity index (χ1) is 8.33. The number of hydrogen-bond acceptors (Lipinski definition) is 3. The van der Waals surface area contributed by atoms with E-state index in [1.807, 2.05) is 13.8 Å². The van der Waals surface area contributed by atoms with Crippen LogP contribution in [0.25, 0.3) is 0 Å². The molecule has 2 unspecified atom stereocenters. The van der Waals surface area contributed by atoms with E-state index >= 15 is 0 Å². The summed E-state index contributed by atoms with van der Waals surface area (Å²) in [5.74, 6) is -0.103. The van der Waals surface area contributed by atoms with Crippen LogP contribution in [0.5, 0.6) is 0 Å². The Hall–Kier alpha value is -1.10. The maximum atomic E-state index is 12.4. The average Bonchev–Trinajstić information content (AvgIpc) is 2.30. The van der Waals surface area contributed by atoms with E-state index in [0.29, 0.717) is 13.0 Å². The molecular formula is C13H24N2O3. The zero-order valence-corrected chi connectivity index (χ0v) is 11.9. The summed E-state index contributed by atoms with van der Waals surface area (Å²) in [6.07, 6.45) is 1.48. The van der Waals surface area contributed by atoms with Gasteiger partial charge in [-0.3, -0.25) is 9.59 Å². The second-order valence-corrected chi connectivity index (χ2v) is 5.42. The van der Waals surface area contributed by atoms with Gasteiger partial charge in [0.25, 0.3) is 0 Å². The monoisotopic (exact) mass is 256 g/mol. The number of nitrogens with zero attached hydrogens (tertiary/aromatic N) is 1. The zero-order chi connectivity index (χ0) is 13.9. The number of nitrogens with one attached hydrogen (secondary N) is 1. The van der Waals surface area contributed by atoms with Crippen molar-refractivity contribution in [3.63, 3.8) is 0 Å². The molecule has 2 amide bonds. The fraction of sp³-hybridized carbons (Fsp3) is 0.846. The van der Waals surface area contributed by atoms with E-state index in [9.17, 15) is 9.59 Å². The van der Waals surface area contributed by atoms with Crippen LogP contribution in [-0.2, 0) is 14.3 Å². The molecule has 1 aliphatic heterocycles. The number of ether oxygens (including phenoxy) is 1. The maximum absolute atomic E-state index is 12.4. The summed E-state index contributed by atoms with van der Waals surface area (Å²) in [6, 6.07) is -0.367. The van der Waals surface area contributed by atoms with E-state index in [4.69, 9.17) is 4.74 Å². The zero-order valence-electron chi connectivity index (χ0n) is 11.9. The molecule has 1 rings (SSSR count). The van der Waals surface area contributed by atoms with Gasteiger partial charge in [0, 0.05) is 13.7 Å². The molecule has 0 aromatic carbocycles. The van der Waals surface area contributed by atoms with Gasteiger partial charge in [0.1, 0.15) is 11.6 Å². The van der Waals surface area contributed by atoms with Crippen LogP contribution in [0, 0.1) is 0 Å². The molecule has 104 valence electrons. The van der Waals surface area contributed by atoms with Crippen LogP contribution in [0.1, 0.15) is 40.5 Å². The molecule has 2 atom stereocenters. The molecule has 0 aromatic rings. The molecular weight excluding hydrogens is 232 g/mol. The highest BCUT2D eigenvalue weighted by molar-refractivity contribution is 5.99. The van der Waals surface area contributed by atoms with Crippen LogP contribution >= 0.6 is 0 Å². The summed E-state index contributed by atoms with van der Waals surface area (Å²) in [6.45, 7) is 7.84. The minimum absolute atomic E-state index is 0.0375. The lowest BCUT2D eigenvalue weighted by Gasteiger charge is -2.43. The first-order valence-corrected chi connectivity index (χ1v) is 6.49. The van der Waals surface area contributed by atoms with Crippen LogP contribution in [0.15, 0.2) is 0 Å². The lowest BCUT2D eigenvalue weighted by Crippen LogP contribution is -2.68. The number of rotatable bonds is 5. The Morgan fingerprint density at radius 2 is 2.06 bits per heavy atom. The van der Waals surface area contributed by atoms with E-state index in [1.54, 1.807) is 25.9 Å². The van der Waals surface area contributed by atoms with Gasteiger partial charge in [-0.15, -0.1) is 0 Å². The number of carbonyl (C=O) groups excluding carboxylic acids is 2. The molecule has 1 saturated heterocycles. The molecule has 0 aliphatic carbocycles. The number of amides is 2. The molecule has 18 heavy (non-hydrogen) atoms. The highest BCUT2D eigenvalue weighted by atomic mass is 16.5. The molecule has 0 spiro atoms. The third kappa shape index (κ3) is 3.02. The van der Waals surface area contributed by atoms with Crippen molar-refractivity contribution in [1.82, 2.24) is 10.2 Å². The fourth-order valence-corrected chi connectivity index (χ4v) is 2.21. The number of piperazine rings is 1. The Kier molecular flexibility index (Phi) is 4.73. The molecule has 0 radical (unpaired) electrons. The van der Waals surface area contributed by atoms with E-state index in [-0.39, 0.29) is 24.0 Å². The van der Waals surface area contributed by atoms with Gasteiger partial charge in [-0.05, 0) is 27.2 Å². The summed E-state index contributed by atoms with van der Waals surface area (Å²) in [4.78, 5) is 26.1. The molecule has 1 aliphatic rings. The van der Waals surface area contributed by atoms with Gasteiger partial charge < -0.3 is 15.0 Å². The van der Waals surface area contributed by atoms with Crippen LogP contribution in [0.2, 0.25) is 0 Å². The van der Waals surface area contributed by atoms with Crippen LogP contribution in [0.4, 0.5) is 0 Å². The van der Waals surface area contributed by atoms with Gasteiger partial charge in [0.2, 0.25) is 11.8 Å². The Morgan fingerprint density at radius 1 is 1.44 bits per heavy atom. The van der Waals surface area contributed by atoms with Crippen molar-refractivity contribution in [2.45, 2.75) is 58.2 Å². The van der Waals surface area contributed by atoms with Crippen molar-refractivity contribution in [3.8, 4) is 0 Å². The van der Waals surface area contributed by atoms with Gasteiger partial charge in [-0.2, -0.15) is 0 Å². The summed E-state index contributed by atoms with van der Waals surface area (Å²) < 4.78 is 5.21. The highest BCUT2D eigenvalue weighted by Crippen LogP contribution is 2.21. The summed E-state index contributed by atoms with van der Waals surface area (Å²) in [7, 11) is 1.61. The highest BCUT2D eigenvalue weighted by Gasteiger charge is 2.44. The van der Waals surface area contributed by atoms with Gasteiger partial charge in [0.15, 0.2) is 0 Å². The van der Waals surface area contributed by atoms with Crippen molar-refractivity contribution in [1.29, 1.82) is 0 Å². The van der Waals surface area contributed by atoms with E-state index in [1.165, 1.54) is 0 Å². The topological polar surface area (TPSA) is 58.6 Å². The van der Waals surface area contributed by atoms with Gasteiger partial charge in [-0.25, -0.2) is 0 Å². The lowest BCUT2D eigenvalue weighted by molar-refractivity contribution is -0.155. The lowest BCUT2D eigenvalue weighted by atomic mass is 9.94. The molecule has 0 saturated carbocycles. The van der Waals surface area contributed by atoms with Crippen molar-refractivity contribution in [3.05, 3.63) is 0 Å². The van der Waals surface area contributed by atoms with E-state index in [0.717, 1.165) is 6.42 Å². The summed E-state index contributed by atoms with van der Waals surface area (Å²) in [5.41, 5.74) is -0.825. The van der Waals surface area contributed by atoms with Crippen LogP contribution < -0.4 is 5.32 Å². The first-order valence-electron chi connectivity index (χ1n) is 6.49. The largest absolute Gasteiger partial charge is 0.380 e. The first kappa shape index (κ1) is 15.0. The molecule has 5 nitrogen and oxygen atoms in total. The van der Waals surface area contributed by atoms with Gasteiger partial charge in [0.05, 0.1) is 6.10 Å². The number of hydrogen-bond donors (Lipinski definition) is 1. The molecule has 5 heteroatoms. The third-order valence-corrected chi connectivity index (χ3v) is 3.33. The third-order valence-electron chi connectivity index (χ3n) is 3.33. The Bertz CT molecular complexity index is 328. The van der Waals surface area contributed by atoms with Gasteiger partial charge in [-0.1, -0.05) is 13.3 Å². The number of carbonyl (C=O) groups is 2. The SMILES string of the molecule is CCCC1C(=O)NC(C)(C)C(=O)N1CC(C)OC. The fourth-order valence-electron chi connectivity index (χ4n) is 2.21. The smallest absolute Gasteiger partial charge is 0.248 e. The molecule has 1 heterocycles. The quantitative estimate of drug-likeness (QED) is 0.796. The Balaban J connectivity index is 2.94. The predicted octanol–water partition coefficient (Wildman–Crippen LogP) is 0.927. The Morgan fingerprint density at radius 3 is 2.56 bits per heavy atom. The Labute approximate surface area is 109 Å². The standard InChI is InChI=1S/C13H24N2O3/c1-6-7-10-11(16)14-13(3,4)12(17)15(10)8-9(2)18-5/h9-10H,6-8H2,1-5H3,(H,14,16). The van der Waals surface area contributed by atoms with Crippen molar-refractivity contribution >= 4 is 11.8 Å². The van der Waals surface area contributed by atoms with Crippen molar-refractivity contribution < 1.29 is 14.3 Å². The molecule has 1 N–H and O–H groups in total. The minimum Gasteiger partial charge on any atom is -0.380 e. The van der Waals surface area contributed by atoms with Crippen molar-refractivity contribution in [2.75, 3.05) is 13.7 Å². The van der Waals surface area contributed by atoms with E-state index < -0.39 is 5.54 Å². The number of methoxy groups -OCH3 is 1. The average molecular weight is 256 g/mol. The predicted molar refractivity (Wildman–Crippen MR) is 69.1 cm³/mol. The second-order valence-electron chi connectivity index (χ2n) is 5.42. The maximum Gasteiger partial charge on any atom is 0.248 e. The van der Waals surface area contributed by atoms with Crippen molar-refractivity contribution in [2.24, 2.45) is 0 Å². The molecule has 1 fully saturated rings. The molecule has 0 aromatic heterocycles. The van der Waals surface area contributed by atoms with Crippen LogP contribution in [-0.4, -0.2) is 48.1 Å².